The second kappa shape index (κ2) is 7.07. The van der Waals surface area contributed by atoms with Gasteiger partial charge in [0, 0.05) is 19.3 Å². The van der Waals surface area contributed by atoms with Crippen LogP contribution in [0.25, 0.3) is 10.8 Å². The van der Waals surface area contributed by atoms with E-state index < -0.39 is 0 Å². The fourth-order valence-electron chi connectivity index (χ4n) is 3.34. The van der Waals surface area contributed by atoms with Crippen LogP contribution in [-0.2, 0) is 6.54 Å². The van der Waals surface area contributed by atoms with E-state index in [4.69, 9.17) is 0 Å². The van der Waals surface area contributed by atoms with Gasteiger partial charge in [0.15, 0.2) is 0 Å². The number of piperidine rings is 1. The number of fused-ring (bicyclic) bond motifs is 1. The van der Waals surface area contributed by atoms with Crippen molar-refractivity contribution in [1.29, 1.82) is 0 Å². The van der Waals surface area contributed by atoms with Gasteiger partial charge in [0.2, 0.25) is 0 Å². The third-order valence-corrected chi connectivity index (χ3v) is 4.75. The maximum absolute atomic E-state index is 12.4. The third-order valence-electron chi connectivity index (χ3n) is 4.75. The summed E-state index contributed by atoms with van der Waals surface area (Å²) in [6.45, 7) is 2.48. The van der Waals surface area contributed by atoms with E-state index in [2.05, 4.69) is 46.1 Å². The van der Waals surface area contributed by atoms with E-state index in [1.54, 1.807) is 6.07 Å². The van der Waals surface area contributed by atoms with Crippen LogP contribution in [0, 0.1) is 0 Å². The van der Waals surface area contributed by atoms with Gasteiger partial charge in [0.05, 0.1) is 6.04 Å². The van der Waals surface area contributed by atoms with Crippen LogP contribution in [0.4, 0.5) is 0 Å². The Morgan fingerprint density at radius 1 is 1.20 bits per heavy atom. The lowest BCUT2D eigenvalue weighted by Gasteiger charge is -2.22. The van der Waals surface area contributed by atoms with Crippen molar-refractivity contribution in [1.82, 2.24) is 20.4 Å². The monoisotopic (exact) mass is 334 g/mol. The van der Waals surface area contributed by atoms with Crippen molar-refractivity contribution in [2.45, 2.75) is 25.4 Å². The molecule has 1 atom stereocenters. The lowest BCUT2D eigenvalue weighted by molar-refractivity contribution is 0.0944. The van der Waals surface area contributed by atoms with E-state index in [0.29, 0.717) is 18.3 Å². The Labute approximate surface area is 147 Å². The zero-order valence-corrected chi connectivity index (χ0v) is 14.1. The van der Waals surface area contributed by atoms with E-state index in [1.807, 2.05) is 23.0 Å². The van der Waals surface area contributed by atoms with Crippen LogP contribution in [0.1, 0.15) is 34.9 Å². The van der Waals surface area contributed by atoms with Gasteiger partial charge < -0.3 is 10.6 Å². The maximum atomic E-state index is 12.4. The van der Waals surface area contributed by atoms with Crippen LogP contribution in [0.3, 0.4) is 0 Å². The average molecular weight is 334 g/mol. The van der Waals surface area contributed by atoms with Gasteiger partial charge in [-0.2, -0.15) is 5.10 Å². The number of rotatable bonds is 4. The minimum absolute atomic E-state index is 0.129. The van der Waals surface area contributed by atoms with Crippen LogP contribution in [0.2, 0.25) is 0 Å². The van der Waals surface area contributed by atoms with Crippen molar-refractivity contribution in [3.63, 3.8) is 0 Å². The lowest BCUT2D eigenvalue weighted by atomic mass is 10.1. The first-order valence-electron chi connectivity index (χ1n) is 8.81. The molecular weight excluding hydrogens is 312 g/mol. The van der Waals surface area contributed by atoms with E-state index >= 15 is 0 Å². The number of carbonyl (C=O) groups excluding carboxylic acids is 1. The first-order chi connectivity index (χ1) is 12.3. The molecule has 1 aliphatic heterocycles. The van der Waals surface area contributed by atoms with Gasteiger partial charge >= 0.3 is 0 Å². The highest BCUT2D eigenvalue weighted by molar-refractivity contribution is 5.92. The number of nitrogens with one attached hydrogen (secondary N) is 2. The predicted octanol–water partition coefficient (Wildman–Crippen LogP) is 2.89. The van der Waals surface area contributed by atoms with Crippen molar-refractivity contribution >= 4 is 16.7 Å². The predicted molar refractivity (Wildman–Crippen MR) is 98.5 cm³/mol. The van der Waals surface area contributed by atoms with E-state index in [-0.39, 0.29) is 5.91 Å². The summed E-state index contributed by atoms with van der Waals surface area (Å²) in [5, 5.41) is 13.2. The maximum Gasteiger partial charge on any atom is 0.272 e. The summed E-state index contributed by atoms with van der Waals surface area (Å²) in [4.78, 5) is 12.4. The highest BCUT2D eigenvalue weighted by atomic mass is 16.1. The van der Waals surface area contributed by atoms with E-state index in [1.165, 1.54) is 10.8 Å². The average Bonchev–Trinajstić information content (AvgIpc) is 3.17. The molecule has 1 aliphatic rings. The van der Waals surface area contributed by atoms with Crippen molar-refractivity contribution < 1.29 is 4.79 Å². The number of carbonyl (C=O) groups is 1. The van der Waals surface area contributed by atoms with Crippen LogP contribution in [0.5, 0.6) is 0 Å². The summed E-state index contributed by atoms with van der Waals surface area (Å²) in [5.74, 6) is -0.129. The molecule has 2 N–H and O–H groups in total. The molecule has 0 bridgehead atoms. The molecule has 5 heteroatoms. The Balaban J connectivity index is 1.40. The van der Waals surface area contributed by atoms with Crippen LogP contribution < -0.4 is 10.6 Å². The molecule has 1 aromatic heterocycles. The van der Waals surface area contributed by atoms with Crippen molar-refractivity contribution in [3.8, 4) is 0 Å². The molecule has 0 aliphatic carbocycles. The molecule has 1 unspecified atom stereocenters. The smallest absolute Gasteiger partial charge is 0.272 e. The number of benzene rings is 2. The summed E-state index contributed by atoms with van der Waals surface area (Å²) < 4.78 is 1.91. The molecule has 3 aromatic rings. The number of hydrogen-bond donors (Lipinski definition) is 2. The van der Waals surface area contributed by atoms with Gasteiger partial charge in [-0.3, -0.25) is 9.48 Å². The van der Waals surface area contributed by atoms with Crippen molar-refractivity contribution in [2.75, 3.05) is 13.1 Å². The van der Waals surface area contributed by atoms with Gasteiger partial charge in [-0.25, -0.2) is 0 Å². The topological polar surface area (TPSA) is 59.0 Å². The Morgan fingerprint density at radius 2 is 2.08 bits per heavy atom. The summed E-state index contributed by atoms with van der Waals surface area (Å²) >= 11 is 0. The molecule has 0 saturated carbocycles. The van der Waals surface area contributed by atoms with Gasteiger partial charge in [-0.15, -0.1) is 0 Å². The number of aromatic nitrogens is 2. The highest BCUT2D eigenvalue weighted by Crippen LogP contribution is 2.17. The largest absolute Gasteiger partial charge is 0.347 e. The van der Waals surface area contributed by atoms with Crippen LogP contribution in [0.15, 0.2) is 54.7 Å². The first kappa shape index (κ1) is 15.8. The zero-order valence-electron chi connectivity index (χ0n) is 14.1. The molecule has 1 amide bonds. The van der Waals surface area contributed by atoms with Gasteiger partial charge in [0.25, 0.3) is 5.91 Å². The standard InChI is InChI=1S/C20H22N4O/c25-20(19-9-11-24(23-19)18-6-3-10-21-14-18)22-13-15-7-8-16-4-1-2-5-17(16)12-15/h1-2,4-5,7-9,11-12,18,21H,3,6,10,13-14H2,(H,22,25). The molecule has 25 heavy (non-hydrogen) atoms. The van der Waals surface area contributed by atoms with Gasteiger partial charge in [0.1, 0.15) is 5.69 Å². The molecular formula is C20H22N4O. The minimum Gasteiger partial charge on any atom is -0.347 e. The molecule has 4 rings (SSSR count). The first-order valence-corrected chi connectivity index (χ1v) is 8.81. The Morgan fingerprint density at radius 3 is 2.92 bits per heavy atom. The molecule has 1 saturated heterocycles. The SMILES string of the molecule is O=C(NCc1ccc2ccccc2c1)c1ccn(C2CCCNC2)n1. The summed E-state index contributed by atoms with van der Waals surface area (Å²) in [6.07, 6.45) is 4.16. The minimum atomic E-state index is -0.129. The molecule has 0 spiro atoms. The normalized spacial score (nSPS) is 17.5. The zero-order chi connectivity index (χ0) is 17.1. The molecule has 2 aromatic carbocycles. The van der Waals surface area contributed by atoms with E-state index in [0.717, 1.165) is 31.5 Å². The number of amides is 1. The second-order valence-corrected chi connectivity index (χ2v) is 6.55. The third kappa shape index (κ3) is 3.56. The Bertz CT molecular complexity index is 880. The summed E-state index contributed by atoms with van der Waals surface area (Å²) in [6, 6.07) is 16.6. The highest BCUT2D eigenvalue weighted by Gasteiger charge is 2.17. The Hall–Kier alpha value is -2.66. The number of hydrogen-bond acceptors (Lipinski definition) is 3. The summed E-state index contributed by atoms with van der Waals surface area (Å²) in [7, 11) is 0. The van der Waals surface area contributed by atoms with Crippen molar-refractivity contribution in [2.24, 2.45) is 0 Å². The van der Waals surface area contributed by atoms with Crippen LogP contribution in [-0.4, -0.2) is 28.8 Å². The molecule has 0 radical (unpaired) electrons. The molecule has 2 heterocycles. The fourth-order valence-corrected chi connectivity index (χ4v) is 3.34. The second-order valence-electron chi connectivity index (χ2n) is 6.55. The summed E-state index contributed by atoms with van der Waals surface area (Å²) in [5.41, 5.74) is 1.56. The van der Waals surface area contributed by atoms with E-state index in [9.17, 15) is 4.79 Å². The van der Waals surface area contributed by atoms with Gasteiger partial charge in [-0.05, 0) is 47.9 Å². The quantitative estimate of drug-likeness (QED) is 0.771. The molecule has 5 nitrogen and oxygen atoms in total. The van der Waals surface area contributed by atoms with Gasteiger partial charge in [-0.1, -0.05) is 36.4 Å². The molecule has 1 fully saturated rings. The van der Waals surface area contributed by atoms with Crippen molar-refractivity contribution in [3.05, 3.63) is 66.0 Å². The lowest BCUT2D eigenvalue weighted by Crippen LogP contribution is -2.32. The Kier molecular flexibility index (Phi) is 4.48. The fraction of sp³-hybridized carbons (Fsp3) is 0.300. The van der Waals surface area contributed by atoms with Crippen LogP contribution >= 0.6 is 0 Å². The number of nitrogens with zero attached hydrogens (tertiary/aromatic N) is 2. The molecule has 128 valence electrons.